The maximum absolute atomic E-state index is 13.8. The van der Waals surface area contributed by atoms with Gasteiger partial charge in [-0.25, -0.2) is 0 Å². The van der Waals surface area contributed by atoms with E-state index in [2.05, 4.69) is 10.1 Å². The van der Waals surface area contributed by atoms with Crippen LogP contribution in [0.5, 0.6) is 23.0 Å². The second kappa shape index (κ2) is 10.9. The van der Waals surface area contributed by atoms with Crippen molar-refractivity contribution in [3.8, 4) is 23.0 Å². The molecule has 7 nitrogen and oxygen atoms in total. The van der Waals surface area contributed by atoms with Crippen molar-refractivity contribution in [2.45, 2.75) is 51.5 Å². The molecule has 1 saturated heterocycles. The second-order valence-corrected chi connectivity index (χ2v) is 9.97. The Morgan fingerprint density at radius 3 is 2.08 bits per heavy atom. The summed E-state index contributed by atoms with van der Waals surface area (Å²) in [5, 5.41) is 11.9. The first-order valence-electron chi connectivity index (χ1n) is 13.0. The van der Waals surface area contributed by atoms with Gasteiger partial charge in [0, 0.05) is 29.8 Å². The van der Waals surface area contributed by atoms with Gasteiger partial charge >= 0.3 is 0 Å². The lowest BCUT2D eigenvalue weighted by Crippen LogP contribution is -2.49. The SMILES string of the molecule is Cc1ccc(Oc2cc(Oc3ccc(C(N)=NO)cc3)cc(C(=O)N3CCCC4CCCCC43)c2)cc1. The maximum atomic E-state index is 13.8. The number of carbonyl (C=O) groups excluding carboxylic acids is 1. The van der Waals surface area contributed by atoms with Crippen molar-refractivity contribution in [1.82, 2.24) is 4.90 Å². The van der Waals surface area contributed by atoms with E-state index in [4.69, 9.17) is 20.4 Å². The monoisotopic (exact) mass is 499 g/mol. The summed E-state index contributed by atoms with van der Waals surface area (Å²) >= 11 is 0. The van der Waals surface area contributed by atoms with Crippen LogP contribution in [0.4, 0.5) is 0 Å². The molecule has 2 unspecified atom stereocenters. The van der Waals surface area contributed by atoms with Crippen LogP contribution in [0.3, 0.4) is 0 Å². The highest BCUT2D eigenvalue weighted by Crippen LogP contribution is 2.37. The van der Waals surface area contributed by atoms with Crippen LogP contribution in [-0.4, -0.2) is 34.4 Å². The number of fused-ring (bicyclic) bond motifs is 1. The molecule has 192 valence electrons. The average Bonchev–Trinajstić information content (AvgIpc) is 2.93. The Kier molecular flexibility index (Phi) is 7.30. The number of carbonyl (C=O) groups is 1. The van der Waals surface area contributed by atoms with E-state index in [1.54, 1.807) is 36.4 Å². The zero-order valence-electron chi connectivity index (χ0n) is 21.1. The minimum absolute atomic E-state index is 0.0236. The van der Waals surface area contributed by atoms with Crippen molar-refractivity contribution in [3.63, 3.8) is 0 Å². The van der Waals surface area contributed by atoms with Gasteiger partial charge in [0.1, 0.15) is 23.0 Å². The minimum atomic E-state index is 0.0236. The normalized spacial score (nSPS) is 19.7. The number of hydrogen-bond acceptors (Lipinski definition) is 5. The minimum Gasteiger partial charge on any atom is -0.457 e. The molecule has 2 atom stereocenters. The lowest BCUT2D eigenvalue weighted by molar-refractivity contribution is 0.0390. The first-order chi connectivity index (χ1) is 18.0. The largest absolute Gasteiger partial charge is 0.457 e. The highest BCUT2D eigenvalue weighted by Gasteiger charge is 2.36. The van der Waals surface area contributed by atoms with Crippen LogP contribution < -0.4 is 15.2 Å². The molecule has 3 aromatic carbocycles. The number of nitrogens with two attached hydrogens (primary N) is 1. The molecular formula is C30H33N3O4. The molecule has 0 bridgehead atoms. The summed E-state index contributed by atoms with van der Waals surface area (Å²) in [6.45, 7) is 2.81. The predicted octanol–water partition coefficient (Wildman–Crippen LogP) is 6.47. The summed E-state index contributed by atoms with van der Waals surface area (Å²) in [7, 11) is 0. The summed E-state index contributed by atoms with van der Waals surface area (Å²) < 4.78 is 12.3. The van der Waals surface area contributed by atoms with Crippen molar-refractivity contribution in [2.24, 2.45) is 16.8 Å². The van der Waals surface area contributed by atoms with Gasteiger partial charge in [-0.1, -0.05) is 35.7 Å². The number of amides is 1. The first-order valence-corrected chi connectivity index (χ1v) is 13.0. The van der Waals surface area contributed by atoms with E-state index in [-0.39, 0.29) is 11.7 Å². The Labute approximate surface area is 217 Å². The quantitative estimate of drug-likeness (QED) is 0.175. The number of ether oxygens (including phenoxy) is 2. The summed E-state index contributed by atoms with van der Waals surface area (Å²) in [6, 6.07) is 20.4. The molecule has 37 heavy (non-hydrogen) atoms. The molecule has 0 spiro atoms. The molecule has 7 heteroatoms. The van der Waals surface area contributed by atoms with Gasteiger partial charge in [-0.2, -0.15) is 0 Å². The zero-order chi connectivity index (χ0) is 25.8. The fourth-order valence-electron chi connectivity index (χ4n) is 5.49. The van der Waals surface area contributed by atoms with Gasteiger partial charge in [0.05, 0.1) is 0 Å². The number of hydrogen-bond donors (Lipinski definition) is 2. The van der Waals surface area contributed by atoms with Gasteiger partial charge in [0.25, 0.3) is 5.91 Å². The molecule has 1 amide bonds. The molecule has 1 aliphatic carbocycles. The average molecular weight is 500 g/mol. The van der Waals surface area contributed by atoms with Crippen LogP contribution in [0.1, 0.15) is 60.0 Å². The maximum Gasteiger partial charge on any atom is 0.254 e. The van der Waals surface area contributed by atoms with E-state index < -0.39 is 0 Å². The molecular weight excluding hydrogens is 466 g/mol. The summed E-state index contributed by atoms with van der Waals surface area (Å²) in [6.07, 6.45) is 6.98. The van der Waals surface area contributed by atoms with Gasteiger partial charge < -0.3 is 25.3 Å². The molecule has 3 N–H and O–H groups in total. The summed E-state index contributed by atoms with van der Waals surface area (Å²) in [5.41, 5.74) is 7.94. The van der Waals surface area contributed by atoms with Gasteiger partial charge in [-0.3, -0.25) is 4.79 Å². The third-order valence-corrected chi connectivity index (χ3v) is 7.38. The highest BCUT2D eigenvalue weighted by molar-refractivity contribution is 5.97. The van der Waals surface area contributed by atoms with E-state index in [0.717, 1.165) is 24.9 Å². The van der Waals surface area contributed by atoms with Gasteiger partial charge in [-0.05, 0) is 87.1 Å². The Hall–Kier alpha value is -4.00. The molecule has 2 fully saturated rings. The van der Waals surface area contributed by atoms with Crippen molar-refractivity contribution in [1.29, 1.82) is 0 Å². The van der Waals surface area contributed by atoms with E-state index >= 15 is 0 Å². The van der Waals surface area contributed by atoms with Gasteiger partial charge in [-0.15, -0.1) is 0 Å². The van der Waals surface area contributed by atoms with Gasteiger partial charge in [0.15, 0.2) is 5.84 Å². The number of aryl methyl sites for hydroxylation is 1. The van der Waals surface area contributed by atoms with Gasteiger partial charge in [0.2, 0.25) is 0 Å². The van der Waals surface area contributed by atoms with E-state index in [0.29, 0.717) is 46.1 Å². The molecule has 1 heterocycles. The molecule has 1 aliphatic heterocycles. The summed E-state index contributed by atoms with van der Waals surface area (Å²) in [4.78, 5) is 15.9. The fourth-order valence-corrected chi connectivity index (χ4v) is 5.49. The topological polar surface area (TPSA) is 97.4 Å². The van der Waals surface area contributed by atoms with Crippen LogP contribution in [-0.2, 0) is 0 Å². The van der Waals surface area contributed by atoms with Crippen molar-refractivity contribution in [2.75, 3.05) is 6.54 Å². The summed E-state index contributed by atoms with van der Waals surface area (Å²) in [5.74, 6) is 2.94. The lowest BCUT2D eigenvalue weighted by atomic mass is 9.78. The van der Waals surface area contributed by atoms with Crippen LogP contribution in [0.2, 0.25) is 0 Å². The van der Waals surface area contributed by atoms with Crippen molar-refractivity contribution < 1.29 is 19.5 Å². The molecule has 1 saturated carbocycles. The highest BCUT2D eigenvalue weighted by atomic mass is 16.5. The molecule has 2 aliphatic rings. The number of amidine groups is 1. The number of piperidine rings is 1. The number of oxime groups is 1. The number of likely N-dealkylation sites (tertiary alicyclic amines) is 1. The van der Waals surface area contributed by atoms with Crippen molar-refractivity contribution in [3.05, 3.63) is 83.4 Å². The fraction of sp³-hybridized carbons (Fsp3) is 0.333. The van der Waals surface area contributed by atoms with Crippen molar-refractivity contribution >= 4 is 11.7 Å². The van der Waals surface area contributed by atoms with Crippen LogP contribution in [0.25, 0.3) is 0 Å². The molecule has 3 aromatic rings. The zero-order valence-corrected chi connectivity index (χ0v) is 21.1. The second-order valence-electron chi connectivity index (χ2n) is 9.97. The molecule has 0 radical (unpaired) electrons. The van der Waals surface area contributed by atoms with Crippen LogP contribution >= 0.6 is 0 Å². The third kappa shape index (κ3) is 5.71. The smallest absolute Gasteiger partial charge is 0.254 e. The Balaban J connectivity index is 1.45. The Bertz CT molecular complexity index is 1270. The van der Waals surface area contributed by atoms with Crippen LogP contribution in [0.15, 0.2) is 71.9 Å². The predicted molar refractivity (Wildman–Crippen MR) is 143 cm³/mol. The Morgan fingerprint density at radius 2 is 1.43 bits per heavy atom. The first kappa shape index (κ1) is 24.7. The van der Waals surface area contributed by atoms with E-state index in [1.165, 1.54) is 25.7 Å². The van der Waals surface area contributed by atoms with E-state index in [9.17, 15) is 4.79 Å². The number of rotatable bonds is 6. The third-order valence-electron chi connectivity index (χ3n) is 7.38. The lowest BCUT2D eigenvalue weighted by Gasteiger charge is -2.44. The number of benzene rings is 3. The molecule has 0 aromatic heterocycles. The standard InChI is InChI=1S/C30H33N3O4/c1-20-8-12-24(13-9-20)36-26-17-23(30(34)33-16-4-6-21-5-2-3-7-28(21)33)18-27(19-26)37-25-14-10-22(11-15-25)29(31)32-35/h8-15,17-19,21,28,35H,2-7,16H2,1H3,(H2,31,32). The Morgan fingerprint density at radius 1 is 0.838 bits per heavy atom. The number of nitrogens with zero attached hydrogens (tertiary/aromatic N) is 2. The molecule has 5 rings (SSSR count). The van der Waals surface area contributed by atoms with Crippen LogP contribution in [0, 0.1) is 12.8 Å². The van der Waals surface area contributed by atoms with E-state index in [1.807, 2.05) is 37.3 Å².